The Kier molecular flexibility index (Phi) is 22.1. The summed E-state index contributed by atoms with van der Waals surface area (Å²) >= 11 is 0. The van der Waals surface area contributed by atoms with Gasteiger partial charge in [-0.1, -0.05) is 68.3 Å². The summed E-state index contributed by atoms with van der Waals surface area (Å²) in [6.45, 7) is 8.47. The first-order chi connectivity index (χ1) is 36.6. The summed E-state index contributed by atoms with van der Waals surface area (Å²) in [5.74, 6) is -7.34. The molecule has 0 saturated heterocycles. The highest BCUT2D eigenvalue weighted by Crippen LogP contribution is 2.29. The fourth-order valence-electron chi connectivity index (χ4n) is 6.22. The van der Waals surface area contributed by atoms with Crippen molar-refractivity contribution in [3.63, 3.8) is 0 Å². The molecule has 0 radical (unpaired) electrons. The average molecular weight is 1040 g/mol. The molecule has 5 rings (SSSR count). The molecule has 20 heteroatoms. The molecular weight excluding hydrogens is 993 g/mol. The van der Waals surface area contributed by atoms with Gasteiger partial charge in [-0.15, -0.1) is 0 Å². The van der Waals surface area contributed by atoms with Crippen LogP contribution >= 0.6 is 0 Å². The van der Waals surface area contributed by atoms with Gasteiger partial charge in [-0.05, 0) is 89.0 Å². The lowest BCUT2D eigenvalue weighted by atomic mass is 10.0. The second-order valence-corrected chi connectivity index (χ2v) is 15.3. The molecule has 76 heavy (non-hydrogen) atoms. The minimum absolute atomic E-state index is 0.0934. The quantitative estimate of drug-likeness (QED) is 0.0165. The van der Waals surface area contributed by atoms with Crippen molar-refractivity contribution < 1.29 is 95.3 Å². The number of carbonyl (C=O) groups is 10. The number of benzene rings is 5. The summed E-state index contributed by atoms with van der Waals surface area (Å²) in [7, 11) is 0. The van der Waals surface area contributed by atoms with Gasteiger partial charge in [-0.2, -0.15) is 0 Å². The number of carbonyl (C=O) groups excluding carboxylic acids is 10. The molecule has 0 unspecified atom stereocenters. The summed E-state index contributed by atoms with van der Waals surface area (Å²) in [4.78, 5) is 122. The summed E-state index contributed by atoms with van der Waals surface area (Å²) < 4.78 is 51.2. The summed E-state index contributed by atoms with van der Waals surface area (Å²) in [6, 6.07) is 29.1. The summed E-state index contributed by atoms with van der Waals surface area (Å²) in [5, 5.41) is 0. The van der Waals surface area contributed by atoms with Gasteiger partial charge < -0.3 is 47.4 Å². The Labute approximate surface area is 434 Å². The van der Waals surface area contributed by atoms with Crippen LogP contribution in [0.2, 0.25) is 0 Å². The van der Waals surface area contributed by atoms with Crippen molar-refractivity contribution in [1.82, 2.24) is 0 Å². The molecule has 0 aromatic heterocycles. The Hall–Kier alpha value is -9.98. The number of hydrogen-bond donors (Lipinski definition) is 0. The zero-order chi connectivity index (χ0) is 54.8. The molecule has 0 heterocycles. The Bertz CT molecular complexity index is 2940. The second-order valence-electron chi connectivity index (χ2n) is 15.3. The minimum Gasteiger partial charge on any atom is -0.462 e. The van der Waals surface area contributed by atoms with Crippen molar-refractivity contribution in [2.75, 3.05) is 39.6 Å². The first kappa shape index (κ1) is 56.9. The summed E-state index contributed by atoms with van der Waals surface area (Å²) in [5.41, 5.74) is 2.69. The van der Waals surface area contributed by atoms with Crippen molar-refractivity contribution in [2.45, 2.75) is 25.7 Å². The highest BCUT2D eigenvalue weighted by Gasteiger charge is 2.22. The third kappa shape index (κ3) is 18.9. The molecule has 0 aliphatic heterocycles. The topological polar surface area (TPSA) is 263 Å². The van der Waals surface area contributed by atoms with Gasteiger partial charge >= 0.3 is 59.7 Å². The number of ether oxygens (including phenoxy) is 10. The van der Waals surface area contributed by atoms with Gasteiger partial charge in [0.1, 0.15) is 68.2 Å². The Balaban J connectivity index is 1.16. The van der Waals surface area contributed by atoms with E-state index in [1.165, 1.54) is 36.4 Å². The van der Waals surface area contributed by atoms with Crippen LogP contribution in [0.4, 0.5) is 0 Å². The van der Waals surface area contributed by atoms with E-state index in [1.807, 2.05) is 0 Å². The molecule has 392 valence electrons. The second kappa shape index (κ2) is 29.5. The van der Waals surface area contributed by atoms with E-state index in [-0.39, 0.29) is 105 Å². The molecule has 0 aliphatic rings. The van der Waals surface area contributed by atoms with Crippen LogP contribution in [0.25, 0.3) is 22.3 Å². The van der Waals surface area contributed by atoms with Crippen LogP contribution in [-0.4, -0.2) is 99.3 Å². The molecule has 20 nitrogen and oxygen atoms in total. The fraction of sp³-hybridized carbons (Fsp3) is 0.179. The predicted molar refractivity (Wildman–Crippen MR) is 266 cm³/mol. The van der Waals surface area contributed by atoms with Crippen LogP contribution in [-0.2, 0) is 62.0 Å². The molecule has 0 amide bonds. The van der Waals surface area contributed by atoms with Gasteiger partial charge in [0.15, 0.2) is 0 Å². The van der Waals surface area contributed by atoms with Crippen LogP contribution < -0.4 is 18.9 Å². The first-order valence-electron chi connectivity index (χ1n) is 22.9. The Morgan fingerprint density at radius 2 is 0.658 bits per heavy atom. The SMILES string of the molecule is C=CC(=O)OCCOC(=O)CCC(=O)Oc1ccc(-c2ccc(C(=O)Oc3ccc(OC(=O)c4ccc(-c5ccc(OC(=O)CCC(=O)OCCOC(=O)C=C)cc5)cc4)c(C(=O)OCCOC(=O)C=C)c3)cc2)cc1. The van der Waals surface area contributed by atoms with E-state index in [0.29, 0.717) is 22.3 Å². The maximum absolute atomic E-state index is 13.4. The molecule has 0 bridgehead atoms. The predicted octanol–water partition coefficient (Wildman–Crippen LogP) is 7.26. The van der Waals surface area contributed by atoms with E-state index >= 15 is 0 Å². The Morgan fingerprint density at radius 1 is 0.329 bits per heavy atom. The van der Waals surface area contributed by atoms with E-state index in [0.717, 1.165) is 24.3 Å². The van der Waals surface area contributed by atoms with E-state index in [9.17, 15) is 47.9 Å². The van der Waals surface area contributed by atoms with Crippen molar-refractivity contribution in [2.24, 2.45) is 0 Å². The molecule has 0 fully saturated rings. The molecule has 0 N–H and O–H groups in total. The lowest BCUT2D eigenvalue weighted by Gasteiger charge is -2.13. The van der Waals surface area contributed by atoms with Crippen molar-refractivity contribution in [3.05, 3.63) is 170 Å². The van der Waals surface area contributed by atoms with Crippen molar-refractivity contribution >= 4 is 59.7 Å². The molecule has 0 spiro atoms. The lowest BCUT2D eigenvalue weighted by Crippen LogP contribution is -2.16. The smallest absolute Gasteiger partial charge is 0.343 e. The van der Waals surface area contributed by atoms with Crippen molar-refractivity contribution in [3.8, 4) is 45.3 Å². The molecule has 0 aliphatic carbocycles. The largest absolute Gasteiger partial charge is 0.462 e. The molecule has 5 aromatic carbocycles. The number of hydrogen-bond acceptors (Lipinski definition) is 20. The van der Waals surface area contributed by atoms with Crippen LogP contribution in [0, 0.1) is 0 Å². The third-order valence-electron chi connectivity index (χ3n) is 9.97. The van der Waals surface area contributed by atoms with E-state index in [4.69, 9.17) is 47.4 Å². The maximum atomic E-state index is 13.4. The number of rotatable bonds is 27. The minimum atomic E-state index is -1.00. The number of esters is 10. The monoisotopic (exact) mass is 1040 g/mol. The molecular formula is C56H48O20. The van der Waals surface area contributed by atoms with Gasteiger partial charge in [0.2, 0.25) is 0 Å². The first-order valence-corrected chi connectivity index (χ1v) is 22.9. The molecule has 5 aromatic rings. The summed E-state index contributed by atoms with van der Waals surface area (Å²) in [6.07, 6.45) is 1.88. The van der Waals surface area contributed by atoms with E-state index < -0.39 is 59.7 Å². The molecule has 0 saturated carbocycles. The van der Waals surface area contributed by atoms with Crippen molar-refractivity contribution in [1.29, 1.82) is 0 Å². The van der Waals surface area contributed by atoms with Crippen LogP contribution in [0.5, 0.6) is 23.0 Å². The van der Waals surface area contributed by atoms with Gasteiger partial charge in [-0.3, -0.25) is 19.2 Å². The van der Waals surface area contributed by atoms with Gasteiger partial charge in [0, 0.05) is 18.2 Å². The molecule has 0 atom stereocenters. The third-order valence-corrected chi connectivity index (χ3v) is 9.97. The normalized spacial score (nSPS) is 10.3. The van der Waals surface area contributed by atoms with Gasteiger partial charge in [0.25, 0.3) is 0 Å². The van der Waals surface area contributed by atoms with Crippen LogP contribution in [0.15, 0.2) is 153 Å². The zero-order valence-electron chi connectivity index (χ0n) is 40.6. The lowest BCUT2D eigenvalue weighted by molar-refractivity contribution is -0.151. The average Bonchev–Trinajstić information content (AvgIpc) is 3.44. The fourth-order valence-corrected chi connectivity index (χ4v) is 6.22. The van der Waals surface area contributed by atoms with Crippen LogP contribution in [0.1, 0.15) is 56.8 Å². The highest BCUT2D eigenvalue weighted by molar-refractivity contribution is 5.98. The Morgan fingerprint density at radius 3 is 1.05 bits per heavy atom. The van der Waals surface area contributed by atoms with Gasteiger partial charge in [-0.25, -0.2) is 28.8 Å². The highest BCUT2D eigenvalue weighted by atomic mass is 16.6. The maximum Gasteiger partial charge on any atom is 0.343 e. The van der Waals surface area contributed by atoms with E-state index in [1.54, 1.807) is 72.8 Å². The standard InChI is InChI=1S/C56H48O20/c1-4-47(57)67-29-31-70-50(60)25-27-52(62)73-42-19-15-38(16-20-42)36-7-11-40(12-8-36)54(64)75-44-23-24-46(45(35-44)56(66)72-34-33-69-49(59)6-3)76-55(65)41-13-9-37(10-14-41)39-17-21-43(22-18-39)74-53(63)28-26-51(61)71-32-30-68-48(58)5-2/h4-24,35H,1-3,25-34H2. The zero-order valence-corrected chi connectivity index (χ0v) is 40.6. The van der Waals surface area contributed by atoms with Gasteiger partial charge in [0.05, 0.1) is 36.8 Å². The van der Waals surface area contributed by atoms with Crippen LogP contribution in [0.3, 0.4) is 0 Å². The van der Waals surface area contributed by atoms with E-state index in [2.05, 4.69) is 19.7 Å².